The van der Waals surface area contributed by atoms with Gasteiger partial charge >= 0.3 is 0 Å². The summed E-state index contributed by atoms with van der Waals surface area (Å²) in [6.07, 6.45) is 0. The SMILES string of the molecule is CC(C)(C)c1cc(-c2ccccc2)c(N2c3cc(-c4ccc5cccc6c7cccc8cccc(c4c56)c87)ccc3B3c4ccc(-n5c6ccc(C(C)(C)C)cc6c6cc(C(C)(C)C)ccc65)cc4Sc4cc(C(C)(C)C)cc2c43)c(-c2ccccc2)c1. The van der Waals surface area contributed by atoms with Crippen molar-refractivity contribution in [3.05, 3.63) is 247 Å². The molecule has 0 unspecified atom stereocenters. The molecule has 14 aromatic rings. The zero-order chi connectivity index (χ0) is 60.5. The topological polar surface area (TPSA) is 8.17 Å². The summed E-state index contributed by atoms with van der Waals surface area (Å²) in [6.45, 7) is 28.1. The van der Waals surface area contributed by atoms with Crippen molar-refractivity contribution in [3.63, 3.8) is 0 Å². The first-order valence-corrected chi connectivity index (χ1v) is 32.4. The van der Waals surface area contributed by atoms with Crippen molar-refractivity contribution in [1.29, 1.82) is 0 Å². The highest BCUT2D eigenvalue weighted by molar-refractivity contribution is 8.00. The average Bonchev–Trinajstić information content (AvgIpc) is 0.867. The van der Waals surface area contributed by atoms with Crippen LogP contribution in [0, 0.1) is 0 Å². The lowest BCUT2D eigenvalue weighted by Gasteiger charge is -2.43. The van der Waals surface area contributed by atoms with E-state index < -0.39 is 0 Å². The van der Waals surface area contributed by atoms with Crippen molar-refractivity contribution in [2.45, 2.75) is 115 Å². The number of rotatable bonds is 5. The third-order valence-electron chi connectivity index (χ3n) is 19.6. The van der Waals surface area contributed by atoms with Crippen molar-refractivity contribution in [3.8, 4) is 39.1 Å². The Hall–Kier alpha value is -8.83. The Bertz CT molecular complexity index is 5080. The molecular formula is C84H73BN2S. The van der Waals surface area contributed by atoms with Crippen LogP contribution in [0.4, 0.5) is 17.1 Å². The van der Waals surface area contributed by atoms with Crippen LogP contribution in [0.5, 0.6) is 0 Å². The van der Waals surface area contributed by atoms with Gasteiger partial charge in [0.15, 0.2) is 0 Å². The lowest BCUT2D eigenvalue weighted by molar-refractivity contribution is 0.589. The molecule has 0 N–H and O–H groups in total. The van der Waals surface area contributed by atoms with Crippen LogP contribution in [-0.2, 0) is 21.7 Å². The standard InChI is InChI=1S/C84H73BN2S/c1-81(2,3)55-34-40-70-66(43-55)67-44-56(82(4,5)6)35-41-71(67)86(70)59-36-39-69-74(49-59)88-75-48-58(84(10,11)12)47-73-79(75)85(69)68-38-33-54(60-37-32-53-28-20-30-62-61-29-19-26-52-27-21-31-63(76(52)61)78(60)77(53)62)42-72(68)87(73)80-64(50-22-15-13-16-23-50)45-57(83(7,8)9)46-65(80)51-24-17-14-18-25-51/h13-49H,1-12H3. The second kappa shape index (κ2) is 19.3. The molecule has 0 radical (unpaired) electrons. The van der Waals surface area contributed by atoms with Crippen molar-refractivity contribution in [2.24, 2.45) is 0 Å². The van der Waals surface area contributed by atoms with Crippen LogP contribution in [0.15, 0.2) is 234 Å². The van der Waals surface area contributed by atoms with Crippen molar-refractivity contribution in [2.75, 3.05) is 4.90 Å². The zero-order valence-electron chi connectivity index (χ0n) is 52.7. The minimum absolute atomic E-state index is 0.00984. The molecule has 0 amide bonds. The number of hydrogen-bond acceptors (Lipinski definition) is 2. The predicted octanol–water partition coefficient (Wildman–Crippen LogP) is 21.8. The number of benzene rings is 13. The maximum atomic E-state index is 2.73. The molecule has 2 nitrogen and oxygen atoms in total. The van der Waals surface area contributed by atoms with E-state index in [1.54, 1.807) is 0 Å². The first-order valence-electron chi connectivity index (χ1n) is 31.6. The third kappa shape index (κ3) is 8.45. The van der Waals surface area contributed by atoms with Gasteiger partial charge in [0.1, 0.15) is 0 Å². The van der Waals surface area contributed by atoms with E-state index in [0.29, 0.717) is 0 Å². The maximum absolute atomic E-state index is 2.73. The Kier molecular flexibility index (Phi) is 12.0. The molecule has 0 bridgehead atoms. The largest absolute Gasteiger partial charge is 0.310 e. The van der Waals surface area contributed by atoms with Gasteiger partial charge in [-0.2, -0.15) is 0 Å². The van der Waals surface area contributed by atoms with Crippen molar-refractivity contribution >= 4 is 117 Å². The minimum atomic E-state index is -0.165. The average molecular weight is 1150 g/mol. The number of aromatic nitrogens is 1. The summed E-state index contributed by atoms with van der Waals surface area (Å²) in [6, 6.07) is 87.2. The van der Waals surface area contributed by atoms with E-state index in [-0.39, 0.29) is 28.4 Å². The predicted molar refractivity (Wildman–Crippen MR) is 383 cm³/mol. The van der Waals surface area contributed by atoms with Gasteiger partial charge in [-0.3, -0.25) is 0 Å². The fraction of sp³-hybridized carbons (Fsp3) is 0.190. The summed E-state index contributed by atoms with van der Waals surface area (Å²) in [5, 5.41) is 13.0. The lowest BCUT2D eigenvalue weighted by Crippen LogP contribution is -2.60. The zero-order valence-corrected chi connectivity index (χ0v) is 53.6. The summed E-state index contributed by atoms with van der Waals surface area (Å²) in [5.74, 6) is 0. The monoisotopic (exact) mass is 1150 g/mol. The van der Waals surface area contributed by atoms with Gasteiger partial charge in [0.05, 0.1) is 16.7 Å². The molecule has 0 saturated heterocycles. The van der Waals surface area contributed by atoms with Crippen LogP contribution in [0.2, 0.25) is 0 Å². The summed E-state index contributed by atoms with van der Waals surface area (Å²) < 4.78 is 2.54. The highest BCUT2D eigenvalue weighted by Gasteiger charge is 2.44. The molecule has 4 heteroatoms. The van der Waals surface area contributed by atoms with Gasteiger partial charge in [0.25, 0.3) is 0 Å². The van der Waals surface area contributed by atoms with E-state index >= 15 is 0 Å². The quantitative estimate of drug-likeness (QED) is 0.0964. The molecule has 88 heavy (non-hydrogen) atoms. The molecule has 0 aliphatic carbocycles. The summed E-state index contributed by atoms with van der Waals surface area (Å²) in [4.78, 5) is 5.34. The van der Waals surface area contributed by atoms with Gasteiger partial charge < -0.3 is 9.47 Å². The van der Waals surface area contributed by atoms with Crippen molar-refractivity contribution < 1.29 is 0 Å². The Morgan fingerprint density at radius 1 is 0.330 bits per heavy atom. The fourth-order valence-electron chi connectivity index (χ4n) is 14.8. The normalized spacial score (nSPS) is 13.6. The Morgan fingerprint density at radius 2 is 0.864 bits per heavy atom. The summed E-state index contributed by atoms with van der Waals surface area (Å²) >= 11 is 1.96. The van der Waals surface area contributed by atoms with E-state index in [1.807, 2.05) is 11.8 Å². The second-order valence-corrected chi connectivity index (χ2v) is 30.4. The maximum Gasteiger partial charge on any atom is 0.249 e. The molecule has 13 aromatic carbocycles. The van der Waals surface area contributed by atoms with Crippen LogP contribution >= 0.6 is 11.8 Å². The Labute approximate surface area is 523 Å². The molecule has 0 atom stereocenters. The van der Waals surface area contributed by atoms with Crippen molar-refractivity contribution in [1.82, 2.24) is 4.57 Å². The number of fused-ring (bicyclic) bond motifs is 9. The van der Waals surface area contributed by atoms with Gasteiger partial charge in [0, 0.05) is 48.8 Å². The molecule has 0 spiro atoms. The van der Waals surface area contributed by atoms with E-state index in [4.69, 9.17) is 0 Å². The van der Waals surface area contributed by atoms with Crippen LogP contribution in [-0.4, -0.2) is 11.3 Å². The fourth-order valence-corrected chi connectivity index (χ4v) is 16.1. The van der Waals surface area contributed by atoms with Gasteiger partial charge in [0.2, 0.25) is 6.71 Å². The summed E-state index contributed by atoms with van der Waals surface area (Å²) in [5.41, 5.74) is 23.6. The van der Waals surface area contributed by atoms with Crippen LogP contribution in [0.1, 0.15) is 105 Å². The van der Waals surface area contributed by atoms with Gasteiger partial charge in [-0.05, 0) is 187 Å². The molecule has 1 aromatic heterocycles. The first kappa shape index (κ1) is 54.6. The van der Waals surface area contributed by atoms with Crippen LogP contribution in [0.25, 0.3) is 104 Å². The van der Waals surface area contributed by atoms with Gasteiger partial charge in [-0.15, -0.1) is 0 Å². The molecule has 2 aliphatic heterocycles. The molecule has 428 valence electrons. The first-order chi connectivity index (χ1) is 42.2. The molecule has 0 saturated carbocycles. The molecule has 3 heterocycles. The van der Waals surface area contributed by atoms with E-state index in [2.05, 4.69) is 317 Å². The lowest BCUT2D eigenvalue weighted by atomic mass is 9.34. The summed E-state index contributed by atoms with van der Waals surface area (Å²) in [7, 11) is 0. The smallest absolute Gasteiger partial charge is 0.249 e. The van der Waals surface area contributed by atoms with E-state index in [9.17, 15) is 0 Å². The highest BCUT2D eigenvalue weighted by atomic mass is 32.2. The Morgan fingerprint density at radius 3 is 1.44 bits per heavy atom. The highest BCUT2D eigenvalue weighted by Crippen LogP contribution is 2.53. The second-order valence-electron chi connectivity index (χ2n) is 29.3. The Balaban J connectivity index is 1.01. The van der Waals surface area contributed by atoms with E-state index in [1.165, 1.54) is 169 Å². The minimum Gasteiger partial charge on any atom is -0.310 e. The number of hydrogen-bond donors (Lipinski definition) is 0. The number of nitrogens with zero attached hydrogens (tertiary/aromatic N) is 2. The van der Waals surface area contributed by atoms with Gasteiger partial charge in [-0.25, -0.2) is 0 Å². The van der Waals surface area contributed by atoms with Gasteiger partial charge in [-0.1, -0.05) is 258 Å². The molecule has 2 aliphatic rings. The van der Waals surface area contributed by atoms with Crippen LogP contribution < -0.4 is 21.3 Å². The third-order valence-corrected chi connectivity index (χ3v) is 20.7. The number of anilines is 3. The molecule has 0 fully saturated rings. The van der Waals surface area contributed by atoms with E-state index in [0.717, 1.165) is 0 Å². The van der Waals surface area contributed by atoms with Crippen LogP contribution in [0.3, 0.4) is 0 Å². The molecule has 16 rings (SSSR count). The molecular weight excluding hydrogens is 1080 g/mol.